The molecule has 0 aromatic heterocycles. The molecule has 0 heterocycles. The maximum atomic E-state index is 11.0. The van der Waals surface area contributed by atoms with Crippen LogP contribution >= 0.6 is 0 Å². The molecule has 1 amide bonds. The lowest BCUT2D eigenvalue weighted by Crippen LogP contribution is -1.99. The van der Waals surface area contributed by atoms with Gasteiger partial charge in [-0.25, -0.2) is 0 Å². The Morgan fingerprint density at radius 2 is 2.00 bits per heavy atom. The highest BCUT2D eigenvalue weighted by atomic mass is 16.5. The summed E-state index contributed by atoms with van der Waals surface area (Å²) in [6.45, 7) is 0. The van der Waals surface area contributed by atoms with Crippen molar-refractivity contribution >= 4 is 16.7 Å². The Bertz CT molecular complexity index is 520. The molecule has 3 nitrogen and oxygen atoms in total. The van der Waals surface area contributed by atoms with Crippen molar-refractivity contribution in [1.82, 2.24) is 5.73 Å². The minimum atomic E-state index is -0.695. The second-order valence-corrected chi connectivity index (χ2v) is 3.23. The van der Waals surface area contributed by atoms with Gasteiger partial charge in [0.25, 0.3) is 5.91 Å². The number of hydrogen-bond donors (Lipinski definition) is 0. The SMILES string of the molecule is COc1cc(C([NH])=O)cc2ccccc12. The van der Waals surface area contributed by atoms with Crippen LogP contribution in [0.25, 0.3) is 10.8 Å². The first-order valence-electron chi connectivity index (χ1n) is 4.55. The summed E-state index contributed by atoms with van der Waals surface area (Å²) >= 11 is 0. The molecule has 0 aliphatic rings. The zero-order valence-corrected chi connectivity index (χ0v) is 8.28. The summed E-state index contributed by atoms with van der Waals surface area (Å²) in [6, 6.07) is 10.9. The number of fused-ring (bicyclic) bond motifs is 1. The highest BCUT2D eigenvalue weighted by Gasteiger charge is 2.07. The molecule has 1 radical (unpaired) electrons. The molecule has 0 saturated heterocycles. The lowest BCUT2D eigenvalue weighted by Gasteiger charge is -2.06. The van der Waals surface area contributed by atoms with Crippen molar-refractivity contribution < 1.29 is 9.53 Å². The van der Waals surface area contributed by atoms with Gasteiger partial charge < -0.3 is 4.74 Å². The second-order valence-electron chi connectivity index (χ2n) is 3.23. The third kappa shape index (κ3) is 1.64. The molecule has 75 valence electrons. The first-order valence-corrected chi connectivity index (χ1v) is 4.55. The van der Waals surface area contributed by atoms with E-state index in [9.17, 15) is 4.79 Å². The molecule has 2 rings (SSSR count). The van der Waals surface area contributed by atoms with Crippen LogP contribution in [0.1, 0.15) is 10.4 Å². The van der Waals surface area contributed by atoms with E-state index in [1.54, 1.807) is 19.2 Å². The van der Waals surface area contributed by atoms with Crippen LogP contribution in [0.3, 0.4) is 0 Å². The minimum absolute atomic E-state index is 0.352. The quantitative estimate of drug-likeness (QED) is 0.746. The zero-order valence-electron chi connectivity index (χ0n) is 8.28. The number of amides is 1. The van der Waals surface area contributed by atoms with E-state index >= 15 is 0 Å². The van der Waals surface area contributed by atoms with Gasteiger partial charge in [0.15, 0.2) is 0 Å². The highest BCUT2D eigenvalue weighted by Crippen LogP contribution is 2.27. The standard InChI is InChI=1S/C12H10NO2/c1-15-11-7-9(12(13)14)6-8-4-2-3-5-10(8)11/h2-7,13H,1H3. The number of nitrogens with one attached hydrogen (secondary N) is 1. The molecule has 0 bridgehead atoms. The van der Waals surface area contributed by atoms with Crippen LogP contribution in [0.4, 0.5) is 0 Å². The summed E-state index contributed by atoms with van der Waals surface area (Å²) in [6.07, 6.45) is 0. The molecule has 1 N–H and O–H groups in total. The topological polar surface area (TPSA) is 50.1 Å². The number of rotatable bonds is 2. The van der Waals surface area contributed by atoms with Crippen LogP contribution < -0.4 is 10.5 Å². The van der Waals surface area contributed by atoms with E-state index in [1.165, 1.54) is 0 Å². The molecule has 0 fully saturated rings. The third-order valence-electron chi connectivity index (χ3n) is 2.31. The van der Waals surface area contributed by atoms with E-state index in [4.69, 9.17) is 10.5 Å². The number of hydrogen-bond acceptors (Lipinski definition) is 2. The molecule has 3 heteroatoms. The van der Waals surface area contributed by atoms with Gasteiger partial charge in [0.2, 0.25) is 0 Å². The smallest absolute Gasteiger partial charge is 0.269 e. The van der Waals surface area contributed by atoms with Crippen molar-refractivity contribution in [2.24, 2.45) is 0 Å². The highest BCUT2D eigenvalue weighted by molar-refractivity contribution is 5.99. The fourth-order valence-corrected chi connectivity index (χ4v) is 1.58. The van der Waals surface area contributed by atoms with Crippen molar-refractivity contribution in [2.45, 2.75) is 0 Å². The first-order chi connectivity index (χ1) is 7.22. The summed E-state index contributed by atoms with van der Waals surface area (Å²) in [5, 5.41) is 1.86. The summed E-state index contributed by atoms with van der Waals surface area (Å²) in [5.41, 5.74) is 7.42. The van der Waals surface area contributed by atoms with E-state index in [0.717, 1.165) is 10.8 Å². The van der Waals surface area contributed by atoms with Crippen molar-refractivity contribution in [1.29, 1.82) is 0 Å². The van der Waals surface area contributed by atoms with Crippen LogP contribution in [0.2, 0.25) is 0 Å². The Morgan fingerprint density at radius 3 is 2.67 bits per heavy atom. The van der Waals surface area contributed by atoms with E-state index in [-0.39, 0.29) is 0 Å². The van der Waals surface area contributed by atoms with Crippen LogP contribution in [0.5, 0.6) is 5.75 Å². The normalized spacial score (nSPS) is 10.2. The molecule has 0 saturated carbocycles. The van der Waals surface area contributed by atoms with E-state index in [0.29, 0.717) is 11.3 Å². The summed E-state index contributed by atoms with van der Waals surface area (Å²) in [7, 11) is 1.56. The Hall–Kier alpha value is -2.03. The fraction of sp³-hybridized carbons (Fsp3) is 0.0833. The lowest BCUT2D eigenvalue weighted by atomic mass is 10.1. The number of ether oxygens (including phenoxy) is 1. The van der Waals surface area contributed by atoms with Gasteiger partial charge in [0.05, 0.1) is 7.11 Å². The summed E-state index contributed by atoms with van der Waals surface area (Å²) < 4.78 is 5.18. The van der Waals surface area contributed by atoms with Crippen LogP contribution in [-0.4, -0.2) is 13.0 Å². The number of carbonyl (C=O) groups excluding carboxylic acids is 1. The average Bonchev–Trinajstić information content (AvgIpc) is 2.27. The predicted octanol–water partition coefficient (Wildman–Crippen LogP) is 2.27. The number of methoxy groups -OCH3 is 1. The van der Waals surface area contributed by atoms with Crippen molar-refractivity contribution in [3.8, 4) is 5.75 Å². The Morgan fingerprint density at radius 1 is 1.27 bits per heavy atom. The van der Waals surface area contributed by atoms with Crippen molar-refractivity contribution in [2.75, 3.05) is 7.11 Å². The van der Waals surface area contributed by atoms with E-state index in [1.807, 2.05) is 24.3 Å². The van der Waals surface area contributed by atoms with Gasteiger partial charge in [-0.05, 0) is 17.5 Å². The molecule has 15 heavy (non-hydrogen) atoms. The van der Waals surface area contributed by atoms with Crippen molar-refractivity contribution in [3.05, 3.63) is 42.0 Å². The zero-order chi connectivity index (χ0) is 10.8. The Kier molecular flexibility index (Phi) is 2.29. The molecule has 2 aromatic rings. The molecular weight excluding hydrogens is 190 g/mol. The van der Waals surface area contributed by atoms with Crippen LogP contribution in [0.15, 0.2) is 36.4 Å². The first kappa shape index (κ1) is 9.52. The third-order valence-corrected chi connectivity index (χ3v) is 2.31. The molecule has 0 aliphatic heterocycles. The average molecular weight is 200 g/mol. The molecule has 0 aliphatic carbocycles. The lowest BCUT2D eigenvalue weighted by molar-refractivity contribution is 0.0992. The van der Waals surface area contributed by atoms with Crippen LogP contribution in [-0.2, 0) is 0 Å². The second kappa shape index (κ2) is 3.61. The van der Waals surface area contributed by atoms with Gasteiger partial charge >= 0.3 is 0 Å². The number of carbonyl (C=O) groups is 1. The van der Waals surface area contributed by atoms with E-state index < -0.39 is 5.91 Å². The van der Waals surface area contributed by atoms with Gasteiger partial charge in [-0.2, -0.15) is 0 Å². The molecule has 0 unspecified atom stereocenters. The maximum Gasteiger partial charge on any atom is 0.269 e. The Labute approximate surface area is 87.5 Å². The van der Waals surface area contributed by atoms with Gasteiger partial charge in [-0.1, -0.05) is 24.3 Å². The summed E-state index contributed by atoms with van der Waals surface area (Å²) in [4.78, 5) is 11.0. The van der Waals surface area contributed by atoms with Gasteiger partial charge in [0, 0.05) is 10.9 Å². The largest absolute Gasteiger partial charge is 0.496 e. The molecular formula is C12H10NO2. The predicted molar refractivity (Wildman–Crippen MR) is 57.9 cm³/mol. The maximum absolute atomic E-state index is 11.0. The monoisotopic (exact) mass is 200 g/mol. The van der Waals surface area contributed by atoms with Gasteiger partial charge in [0.1, 0.15) is 5.75 Å². The molecule has 0 atom stereocenters. The fourth-order valence-electron chi connectivity index (χ4n) is 1.58. The van der Waals surface area contributed by atoms with Crippen LogP contribution in [0, 0.1) is 0 Å². The minimum Gasteiger partial charge on any atom is -0.496 e. The number of benzene rings is 2. The molecule has 2 aromatic carbocycles. The van der Waals surface area contributed by atoms with Crippen molar-refractivity contribution in [3.63, 3.8) is 0 Å². The van der Waals surface area contributed by atoms with Gasteiger partial charge in [-0.3, -0.25) is 10.5 Å². The Balaban J connectivity index is 2.77. The molecule has 0 spiro atoms. The summed E-state index contributed by atoms with van der Waals surface area (Å²) in [5.74, 6) is -0.0669. The van der Waals surface area contributed by atoms with E-state index in [2.05, 4.69) is 0 Å². The van der Waals surface area contributed by atoms with Gasteiger partial charge in [-0.15, -0.1) is 0 Å².